The molecule has 1 unspecified atom stereocenters. The SMILES string of the molecule is Cc1ccc(C(C)N2CCN(C(=O)Cc3c(C)[nH]c(=O)[nH]c3=O)CC2)c(C)c1. The van der Waals surface area contributed by atoms with Gasteiger partial charge in [-0.3, -0.25) is 19.5 Å². The van der Waals surface area contributed by atoms with E-state index in [1.54, 1.807) is 11.8 Å². The van der Waals surface area contributed by atoms with E-state index in [0.29, 0.717) is 30.4 Å². The number of hydrogen-bond acceptors (Lipinski definition) is 4. The summed E-state index contributed by atoms with van der Waals surface area (Å²) in [6.45, 7) is 10.9. The highest BCUT2D eigenvalue weighted by atomic mass is 16.2. The zero-order valence-corrected chi connectivity index (χ0v) is 17.0. The lowest BCUT2D eigenvalue weighted by atomic mass is 9.98. The van der Waals surface area contributed by atoms with Crippen molar-refractivity contribution in [3.8, 4) is 0 Å². The summed E-state index contributed by atoms with van der Waals surface area (Å²) in [5.41, 5.74) is 3.61. The van der Waals surface area contributed by atoms with Crippen LogP contribution in [0.1, 0.15) is 40.9 Å². The van der Waals surface area contributed by atoms with Gasteiger partial charge >= 0.3 is 5.69 Å². The smallest absolute Gasteiger partial charge is 0.325 e. The maximum absolute atomic E-state index is 12.7. The number of piperazine rings is 1. The molecule has 1 saturated heterocycles. The number of aromatic amines is 2. The van der Waals surface area contributed by atoms with Crippen molar-refractivity contribution in [2.45, 2.75) is 40.2 Å². The second-order valence-corrected chi connectivity index (χ2v) is 7.64. The number of carbonyl (C=O) groups is 1. The van der Waals surface area contributed by atoms with Crippen LogP contribution in [-0.2, 0) is 11.2 Å². The van der Waals surface area contributed by atoms with Crippen LogP contribution in [0.15, 0.2) is 27.8 Å². The fourth-order valence-corrected chi connectivity index (χ4v) is 3.95. The highest BCUT2D eigenvalue weighted by Crippen LogP contribution is 2.25. The molecule has 3 rings (SSSR count). The predicted molar refractivity (Wildman–Crippen MR) is 109 cm³/mol. The molecule has 0 aliphatic carbocycles. The first-order valence-electron chi connectivity index (χ1n) is 9.67. The monoisotopic (exact) mass is 384 g/mol. The summed E-state index contributed by atoms with van der Waals surface area (Å²) in [6.07, 6.45) is 0.00453. The standard InChI is InChI=1S/C21H28N4O3/c1-13-5-6-17(14(2)11-13)16(4)24-7-9-25(10-8-24)19(26)12-18-15(3)22-21(28)23-20(18)27/h5-6,11,16H,7-10,12H2,1-4H3,(H2,22,23,27,28). The molecule has 0 saturated carbocycles. The number of aromatic nitrogens is 2. The summed E-state index contributed by atoms with van der Waals surface area (Å²) >= 11 is 0. The Morgan fingerprint density at radius 3 is 2.36 bits per heavy atom. The van der Waals surface area contributed by atoms with Gasteiger partial charge in [-0.15, -0.1) is 0 Å². The zero-order valence-electron chi connectivity index (χ0n) is 17.0. The third-order valence-corrected chi connectivity index (χ3v) is 5.67. The van der Waals surface area contributed by atoms with Crippen LogP contribution in [0.25, 0.3) is 0 Å². The Balaban J connectivity index is 1.63. The Kier molecular flexibility index (Phi) is 5.84. The fraction of sp³-hybridized carbons (Fsp3) is 0.476. The summed E-state index contributed by atoms with van der Waals surface area (Å²) in [4.78, 5) is 44.9. The molecule has 150 valence electrons. The Morgan fingerprint density at radius 2 is 1.75 bits per heavy atom. The number of H-pyrrole nitrogens is 2. The number of aryl methyl sites for hydroxylation is 3. The van der Waals surface area contributed by atoms with Gasteiger partial charge < -0.3 is 9.88 Å². The third-order valence-electron chi connectivity index (χ3n) is 5.67. The number of nitrogens with one attached hydrogen (secondary N) is 2. The minimum absolute atomic E-state index is 0.00453. The molecule has 1 aliphatic heterocycles. The molecule has 2 aromatic rings. The van der Waals surface area contributed by atoms with Crippen LogP contribution in [0.4, 0.5) is 0 Å². The molecule has 0 radical (unpaired) electrons. The van der Waals surface area contributed by atoms with Crippen molar-refractivity contribution in [1.82, 2.24) is 19.8 Å². The summed E-state index contributed by atoms with van der Waals surface area (Å²) in [5.74, 6) is -0.0838. The van der Waals surface area contributed by atoms with Crippen molar-refractivity contribution >= 4 is 5.91 Å². The van der Waals surface area contributed by atoms with Gasteiger partial charge in [0, 0.05) is 43.5 Å². The minimum Gasteiger partial charge on any atom is -0.340 e. The second kappa shape index (κ2) is 8.14. The number of carbonyl (C=O) groups excluding carboxylic acids is 1. The molecular formula is C21H28N4O3. The van der Waals surface area contributed by atoms with Gasteiger partial charge in [0.15, 0.2) is 0 Å². The lowest BCUT2D eigenvalue weighted by molar-refractivity contribution is -0.132. The number of hydrogen-bond donors (Lipinski definition) is 2. The molecular weight excluding hydrogens is 356 g/mol. The molecule has 2 heterocycles. The number of benzene rings is 1. The van der Waals surface area contributed by atoms with Crippen LogP contribution in [0.3, 0.4) is 0 Å². The first-order chi connectivity index (χ1) is 13.3. The molecule has 0 bridgehead atoms. The highest BCUT2D eigenvalue weighted by molar-refractivity contribution is 5.79. The normalized spacial score (nSPS) is 16.2. The van der Waals surface area contributed by atoms with Crippen LogP contribution >= 0.6 is 0 Å². The van der Waals surface area contributed by atoms with Gasteiger partial charge in [-0.25, -0.2) is 4.79 Å². The summed E-state index contributed by atoms with van der Waals surface area (Å²) in [6, 6.07) is 6.83. The first kappa shape index (κ1) is 20.1. The Hall–Kier alpha value is -2.67. The molecule has 0 spiro atoms. The Morgan fingerprint density at radius 1 is 1.07 bits per heavy atom. The Bertz CT molecular complexity index is 984. The summed E-state index contributed by atoms with van der Waals surface area (Å²) < 4.78 is 0. The van der Waals surface area contributed by atoms with E-state index in [2.05, 4.69) is 53.8 Å². The first-order valence-corrected chi connectivity index (χ1v) is 9.67. The number of nitrogens with zero attached hydrogens (tertiary/aromatic N) is 2. The van der Waals surface area contributed by atoms with Crippen LogP contribution in [0.2, 0.25) is 0 Å². The van der Waals surface area contributed by atoms with E-state index in [1.807, 2.05) is 0 Å². The van der Waals surface area contributed by atoms with E-state index in [9.17, 15) is 14.4 Å². The zero-order chi connectivity index (χ0) is 20.4. The molecule has 28 heavy (non-hydrogen) atoms. The van der Waals surface area contributed by atoms with Crippen molar-refractivity contribution in [2.75, 3.05) is 26.2 Å². The number of rotatable bonds is 4. The van der Waals surface area contributed by atoms with Gasteiger partial charge in [0.05, 0.1) is 6.42 Å². The maximum atomic E-state index is 12.7. The summed E-state index contributed by atoms with van der Waals surface area (Å²) in [5, 5.41) is 0. The van der Waals surface area contributed by atoms with E-state index >= 15 is 0 Å². The van der Waals surface area contributed by atoms with Crippen molar-refractivity contribution in [1.29, 1.82) is 0 Å². The van der Waals surface area contributed by atoms with E-state index in [0.717, 1.165) is 13.1 Å². The van der Waals surface area contributed by atoms with E-state index in [4.69, 9.17) is 0 Å². The van der Waals surface area contributed by atoms with Crippen LogP contribution < -0.4 is 11.2 Å². The largest absolute Gasteiger partial charge is 0.340 e. The molecule has 1 atom stereocenters. The van der Waals surface area contributed by atoms with Gasteiger partial charge in [-0.1, -0.05) is 23.8 Å². The molecule has 2 N–H and O–H groups in total. The average molecular weight is 384 g/mol. The molecule has 7 nitrogen and oxygen atoms in total. The molecule has 1 amide bonds. The van der Waals surface area contributed by atoms with Gasteiger partial charge in [-0.2, -0.15) is 0 Å². The lowest BCUT2D eigenvalue weighted by Gasteiger charge is -2.38. The van der Waals surface area contributed by atoms with Crippen molar-refractivity contribution in [3.05, 3.63) is 67.0 Å². The molecule has 1 aromatic heterocycles. The van der Waals surface area contributed by atoms with Crippen molar-refractivity contribution in [2.24, 2.45) is 0 Å². The lowest BCUT2D eigenvalue weighted by Crippen LogP contribution is -2.50. The maximum Gasteiger partial charge on any atom is 0.325 e. The molecule has 1 fully saturated rings. The second-order valence-electron chi connectivity index (χ2n) is 7.64. The van der Waals surface area contributed by atoms with Gasteiger partial charge in [-0.05, 0) is 38.8 Å². The third kappa shape index (κ3) is 4.25. The average Bonchev–Trinajstić information content (AvgIpc) is 2.64. The topological polar surface area (TPSA) is 89.3 Å². The van der Waals surface area contributed by atoms with Crippen LogP contribution in [0, 0.1) is 20.8 Å². The molecule has 1 aromatic carbocycles. The fourth-order valence-electron chi connectivity index (χ4n) is 3.95. The number of amides is 1. The van der Waals surface area contributed by atoms with Crippen molar-refractivity contribution in [3.63, 3.8) is 0 Å². The predicted octanol–water partition coefficient (Wildman–Crippen LogP) is 1.44. The summed E-state index contributed by atoms with van der Waals surface area (Å²) in [7, 11) is 0. The van der Waals surface area contributed by atoms with E-state index in [1.165, 1.54) is 16.7 Å². The highest BCUT2D eigenvalue weighted by Gasteiger charge is 2.26. The quantitative estimate of drug-likeness (QED) is 0.835. The van der Waals surface area contributed by atoms with E-state index in [-0.39, 0.29) is 12.3 Å². The van der Waals surface area contributed by atoms with Gasteiger partial charge in [0.25, 0.3) is 5.56 Å². The molecule has 1 aliphatic rings. The molecule has 7 heteroatoms. The van der Waals surface area contributed by atoms with Crippen LogP contribution in [0.5, 0.6) is 0 Å². The van der Waals surface area contributed by atoms with Crippen molar-refractivity contribution < 1.29 is 4.79 Å². The van der Waals surface area contributed by atoms with Crippen LogP contribution in [-0.4, -0.2) is 51.9 Å². The minimum atomic E-state index is -0.548. The van der Waals surface area contributed by atoms with E-state index < -0.39 is 11.2 Å². The Labute approximate surface area is 164 Å². The van der Waals surface area contributed by atoms with Gasteiger partial charge in [0.1, 0.15) is 0 Å². The van der Waals surface area contributed by atoms with Gasteiger partial charge in [0.2, 0.25) is 5.91 Å².